The molecule has 1 aliphatic rings. The van der Waals surface area contributed by atoms with Crippen molar-refractivity contribution >= 4 is 11.9 Å². The lowest BCUT2D eigenvalue weighted by molar-refractivity contribution is 0.291. The number of hydrogen-bond donors (Lipinski definition) is 1. The largest absolute Gasteiger partial charge is 0.463 e. The average Bonchev–Trinajstić information content (AvgIpc) is 2.83. The summed E-state index contributed by atoms with van der Waals surface area (Å²) in [7, 11) is 4.15. The molecule has 0 radical (unpaired) electrons. The van der Waals surface area contributed by atoms with Crippen molar-refractivity contribution in [2.45, 2.75) is 32.2 Å². The highest BCUT2D eigenvalue weighted by Crippen LogP contribution is 2.24. The Labute approximate surface area is 120 Å². The van der Waals surface area contributed by atoms with E-state index >= 15 is 0 Å². The van der Waals surface area contributed by atoms with Gasteiger partial charge in [-0.1, -0.05) is 6.92 Å². The van der Waals surface area contributed by atoms with Gasteiger partial charge in [-0.2, -0.15) is 15.0 Å². The Morgan fingerprint density at radius 2 is 2.15 bits per heavy atom. The molecule has 1 unspecified atom stereocenters. The second-order valence-electron chi connectivity index (χ2n) is 5.38. The minimum Gasteiger partial charge on any atom is -0.463 e. The van der Waals surface area contributed by atoms with E-state index in [9.17, 15) is 0 Å². The summed E-state index contributed by atoms with van der Waals surface area (Å²) in [5.41, 5.74) is 5.77. The molecule has 0 amide bonds. The van der Waals surface area contributed by atoms with Crippen LogP contribution in [0.3, 0.4) is 0 Å². The Morgan fingerprint density at radius 1 is 1.35 bits per heavy atom. The molecule has 20 heavy (non-hydrogen) atoms. The summed E-state index contributed by atoms with van der Waals surface area (Å²) < 4.78 is 5.47. The van der Waals surface area contributed by atoms with Gasteiger partial charge in [0.05, 0.1) is 6.61 Å². The summed E-state index contributed by atoms with van der Waals surface area (Å²) in [6.45, 7) is 4.56. The normalized spacial score (nSPS) is 18.8. The third-order valence-electron chi connectivity index (χ3n) is 3.27. The van der Waals surface area contributed by atoms with Crippen LogP contribution in [0.5, 0.6) is 6.01 Å². The highest BCUT2D eigenvalue weighted by molar-refractivity contribution is 5.38. The molecule has 0 saturated carbocycles. The third kappa shape index (κ3) is 3.69. The summed E-state index contributed by atoms with van der Waals surface area (Å²) in [4.78, 5) is 17.1. The number of nitrogens with two attached hydrogens (primary N) is 1. The summed E-state index contributed by atoms with van der Waals surface area (Å²) in [6, 6.07) is 0.746. The van der Waals surface area contributed by atoms with Crippen LogP contribution in [0.15, 0.2) is 0 Å². The molecule has 7 nitrogen and oxygen atoms in total. The number of hydrogen-bond acceptors (Lipinski definition) is 7. The lowest BCUT2D eigenvalue weighted by Gasteiger charge is -2.27. The van der Waals surface area contributed by atoms with Gasteiger partial charge in [-0.25, -0.2) is 0 Å². The van der Waals surface area contributed by atoms with Crippen LogP contribution in [0.2, 0.25) is 0 Å². The van der Waals surface area contributed by atoms with Gasteiger partial charge in [-0.05, 0) is 33.4 Å². The zero-order valence-corrected chi connectivity index (χ0v) is 12.5. The summed E-state index contributed by atoms with van der Waals surface area (Å²) in [5, 5.41) is 0. The van der Waals surface area contributed by atoms with Crippen LogP contribution in [0, 0.1) is 0 Å². The zero-order chi connectivity index (χ0) is 14.5. The SMILES string of the molecule is CCCOc1nc(N)nc(N2CCCC2CN(C)C)n1. The molecule has 0 aliphatic carbocycles. The minimum absolute atomic E-state index is 0.219. The fourth-order valence-corrected chi connectivity index (χ4v) is 2.46. The zero-order valence-electron chi connectivity index (χ0n) is 12.5. The van der Waals surface area contributed by atoms with E-state index in [4.69, 9.17) is 10.5 Å². The molecule has 1 fully saturated rings. The fraction of sp³-hybridized carbons (Fsp3) is 0.769. The Morgan fingerprint density at radius 3 is 2.85 bits per heavy atom. The van der Waals surface area contributed by atoms with E-state index in [0.717, 1.165) is 32.4 Å². The standard InChI is InChI=1S/C13H24N6O/c1-4-8-20-13-16-11(14)15-12(17-13)19-7-5-6-10(19)9-18(2)3/h10H,4-9H2,1-3H3,(H2,14,15,16,17). The number of rotatable bonds is 6. The van der Waals surface area contributed by atoms with Crippen molar-refractivity contribution < 1.29 is 4.74 Å². The maximum atomic E-state index is 5.77. The lowest BCUT2D eigenvalue weighted by Crippen LogP contribution is -2.38. The molecule has 0 bridgehead atoms. The molecule has 2 N–H and O–H groups in total. The molecule has 1 aliphatic heterocycles. The molecular weight excluding hydrogens is 256 g/mol. The van der Waals surface area contributed by atoms with Gasteiger partial charge in [0.25, 0.3) is 0 Å². The minimum atomic E-state index is 0.219. The van der Waals surface area contributed by atoms with Gasteiger partial charge in [0, 0.05) is 19.1 Å². The average molecular weight is 280 g/mol. The molecule has 0 aromatic carbocycles. The van der Waals surface area contributed by atoms with Gasteiger partial charge in [0.2, 0.25) is 11.9 Å². The highest BCUT2D eigenvalue weighted by atomic mass is 16.5. The Hall–Kier alpha value is -1.63. The summed E-state index contributed by atoms with van der Waals surface area (Å²) >= 11 is 0. The van der Waals surface area contributed by atoms with Crippen molar-refractivity contribution in [1.29, 1.82) is 0 Å². The van der Waals surface area contributed by atoms with E-state index in [2.05, 4.69) is 38.8 Å². The van der Waals surface area contributed by atoms with Gasteiger partial charge >= 0.3 is 6.01 Å². The number of aromatic nitrogens is 3. The summed E-state index contributed by atoms with van der Waals surface area (Å²) in [6.07, 6.45) is 3.21. The van der Waals surface area contributed by atoms with Gasteiger partial charge < -0.3 is 20.3 Å². The second kappa shape index (κ2) is 6.69. The first-order valence-electron chi connectivity index (χ1n) is 7.16. The molecule has 1 aromatic rings. The van der Waals surface area contributed by atoms with Crippen molar-refractivity contribution in [2.24, 2.45) is 0 Å². The molecule has 1 saturated heterocycles. The number of anilines is 2. The molecule has 1 atom stereocenters. The van der Waals surface area contributed by atoms with E-state index in [1.54, 1.807) is 0 Å². The molecule has 112 valence electrons. The molecule has 2 heterocycles. The lowest BCUT2D eigenvalue weighted by atomic mass is 10.2. The van der Waals surface area contributed by atoms with Crippen LogP contribution in [-0.4, -0.2) is 59.7 Å². The first-order chi connectivity index (χ1) is 9.60. The van der Waals surface area contributed by atoms with E-state index in [-0.39, 0.29) is 5.95 Å². The second-order valence-corrected chi connectivity index (χ2v) is 5.38. The monoisotopic (exact) mass is 280 g/mol. The quantitative estimate of drug-likeness (QED) is 0.824. The molecule has 2 rings (SSSR count). The van der Waals surface area contributed by atoms with E-state index in [1.807, 2.05) is 6.92 Å². The van der Waals surface area contributed by atoms with Gasteiger partial charge in [0.1, 0.15) is 0 Å². The molecular formula is C13H24N6O. The highest BCUT2D eigenvalue weighted by Gasteiger charge is 2.27. The third-order valence-corrected chi connectivity index (χ3v) is 3.27. The predicted molar refractivity (Wildman–Crippen MR) is 78.9 cm³/mol. The van der Waals surface area contributed by atoms with E-state index < -0.39 is 0 Å². The Kier molecular flexibility index (Phi) is 4.94. The maximum absolute atomic E-state index is 5.77. The van der Waals surface area contributed by atoms with Crippen LogP contribution in [-0.2, 0) is 0 Å². The van der Waals surface area contributed by atoms with E-state index in [0.29, 0.717) is 24.6 Å². The molecule has 1 aromatic heterocycles. The summed E-state index contributed by atoms with van der Waals surface area (Å²) in [5.74, 6) is 0.851. The van der Waals surface area contributed by atoms with Crippen LogP contribution in [0.25, 0.3) is 0 Å². The molecule has 7 heteroatoms. The Bertz CT molecular complexity index is 439. The predicted octanol–water partition coefficient (Wildman–Crippen LogP) is 0.773. The van der Waals surface area contributed by atoms with Crippen LogP contribution >= 0.6 is 0 Å². The smallest absolute Gasteiger partial charge is 0.323 e. The van der Waals surface area contributed by atoms with E-state index in [1.165, 1.54) is 0 Å². The van der Waals surface area contributed by atoms with Crippen molar-refractivity contribution in [3.8, 4) is 6.01 Å². The molecule has 0 spiro atoms. The Balaban J connectivity index is 2.15. The van der Waals surface area contributed by atoms with Gasteiger partial charge in [0.15, 0.2) is 0 Å². The van der Waals surface area contributed by atoms with Crippen molar-refractivity contribution in [3.05, 3.63) is 0 Å². The van der Waals surface area contributed by atoms with Gasteiger partial charge in [-0.3, -0.25) is 0 Å². The number of nitrogen functional groups attached to an aromatic ring is 1. The van der Waals surface area contributed by atoms with Gasteiger partial charge in [-0.15, -0.1) is 0 Å². The first-order valence-corrected chi connectivity index (χ1v) is 7.16. The maximum Gasteiger partial charge on any atom is 0.323 e. The van der Waals surface area contributed by atoms with Crippen LogP contribution in [0.1, 0.15) is 26.2 Å². The van der Waals surface area contributed by atoms with Crippen molar-refractivity contribution in [2.75, 3.05) is 44.4 Å². The van der Waals surface area contributed by atoms with Crippen LogP contribution < -0.4 is 15.4 Å². The first kappa shape index (κ1) is 14.8. The number of nitrogens with zero attached hydrogens (tertiary/aromatic N) is 5. The van der Waals surface area contributed by atoms with Crippen molar-refractivity contribution in [3.63, 3.8) is 0 Å². The number of likely N-dealkylation sites (N-methyl/N-ethyl adjacent to an activating group) is 1. The fourth-order valence-electron chi connectivity index (χ4n) is 2.46. The topological polar surface area (TPSA) is 80.4 Å². The van der Waals surface area contributed by atoms with Crippen molar-refractivity contribution in [1.82, 2.24) is 19.9 Å². The van der Waals surface area contributed by atoms with Crippen LogP contribution in [0.4, 0.5) is 11.9 Å². The number of ether oxygens (including phenoxy) is 1.